The van der Waals surface area contributed by atoms with Gasteiger partial charge in [-0.25, -0.2) is 0 Å². The summed E-state index contributed by atoms with van der Waals surface area (Å²) in [5.41, 5.74) is 0.604. The molecule has 1 heteroatoms. The Morgan fingerprint density at radius 3 is 2.46 bits per heavy atom. The summed E-state index contributed by atoms with van der Waals surface area (Å²) in [5.74, 6) is 0. The van der Waals surface area contributed by atoms with Crippen LogP contribution in [0.15, 0.2) is 12.7 Å². The highest BCUT2D eigenvalue weighted by Crippen LogP contribution is 2.41. The Balaban J connectivity index is 2.04. The van der Waals surface area contributed by atoms with Crippen LogP contribution in [0.2, 0.25) is 0 Å². The molecule has 1 spiro atoms. The van der Waals surface area contributed by atoms with E-state index in [-0.39, 0.29) is 0 Å². The second kappa shape index (κ2) is 3.83. The van der Waals surface area contributed by atoms with E-state index in [1.165, 1.54) is 51.5 Å². The van der Waals surface area contributed by atoms with Crippen LogP contribution in [0.4, 0.5) is 0 Å². The molecule has 0 unspecified atom stereocenters. The van der Waals surface area contributed by atoms with Gasteiger partial charge in [0.25, 0.3) is 0 Å². The highest BCUT2D eigenvalue weighted by Gasteiger charge is 2.40. The maximum Gasteiger partial charge on any atom is 0.0213 e. The SMILES string of the molecule is C=CCN1CCCC12CCCCC2. The van der Waals surface area contributed by atoms with Gasteiger partial charge in [0.05, 0.1) is 0 Å². The molecule has 0 aromatic carbocycles. The number of nitrogens with zero attached hydrogens (tertiary/aromatic N) is 1. The Labute approximate surface area is 81.8 Å². The van der Waals surface area contributed by atoms with Crippen LogP contribution in [0.5, 0.6) is 0 Å². The van der Waals surface area contributed by atoms with E-state index in [0.29, 0.717) is 5.54 Å². The normalized spacial score (nSPS) is 28.0. The molecule has 0 radical (unpaired) electrons. The summed E-state index contributed by atoms with van der Waals surface area (Å²) in [6, 6.07) is 0. The zero-order valence-electron chi connectivity index (χ0n) is 8.60. The molecule has 1 aliphatic carbocycles. The van der Waals surface area contributed by atoms with Crippen molar-refractivity contribution < 1.29 is 0 Å². The third-order valence-corrected chi connectivity index (χ3v) is 3.87. The summed E-state index contributed by atoms with van der Waals surface area (Å²) in [7, 11) is 0. The van der Waals surface area contributed by atoms with E-state index in [1.54, 1.807) is 0 Å². The number of hydrogen-bond donors (Lipinski definition) is 0. The number of likely N-dealkylation sites (tertiary alicyclic amines) is 1. The van der Waals surface area contributed by atoms with Crippen LogP contribution in [0.25, 0.3) is 0 Å². The average Bonchev–Trinajstić information content (AvgIpc) is 2.52. The lowest BCUT2D eigenvalue weighted by molar-refractivity contribution is 0.105. The molecule has 1 saturated heterocycles. The molecule has 2 aliphatic rings. The molecule has 1 saturated carbocycles. The van der Waals surface area contributed by atoms with Crippen molar-refractivity contribution in [2.45, 2.75) is 50.5 Å². The van der Waals surface area contributed by atoms with Crippen molar-refractivity contribution in [2.24, 2.45) is 0 Å². The van der Waals surface area contributed by atoms with Gasteiger partial charge in [-0.2, -0.15) is 0 Å². The Hall–Kier alpha value is -0.300. The van der Waals surface area contributed by atoms with Crippen LogP contribution in [0.3, 0.4) is 0 Å². The highest BCUT2D eigenvalue weighted by atomic mass is 15.2. The summed E-state index contributed by atoms with van der Waals surface area (Å²) in [6.45, 7) is 6.28. The zero-order valence-corrected chi connectivity index (χ0v) is 8.60. The summed E-state index contributed by atoms with van der Waals surface area (Å²) in [6.07, 6.45) is 12.2. The molecule has 0 bridgehead atoms. The van der Waals surface area contributed by atoms with Gasteiger partial charge in [-0.3, -0.25) is 4.90 Å². The molecule has 1 aliphatic heterocycles. The Bertz CT molecular complexity index is 180. The second-order valence-corrected chi connectivity index (χ2v) is 4.62. The van der Waals surface area contributed by atoms with Gasteiger partial charge in [-0.05, 0) is 32.2 Å². The topological polar surface area (TPSA) is 3.24 Å². The van der Waals surface area contributed by atoms with Gasteiger partial charge in [0.1, 0.15) is 0 Å². The van der Waals surface area contributed by atoms with Crippen molar-refractivity contribution in [3.63, 3.8) is 0 Å². The molecule has 1 nitrogen and oxygen atoms in total. The highest BCUT2D eigenvalue weighted by molar-refractivity contribution is 4.99. The standard InChI is InChI=1S/C12H21N/c1-2-10-13-11-6-9-12(13)7-4-3-5-8-12/h2H,1,3-11H2. The van der Waals surface area contributed by atoms with E-state index in [4.69, 9.17) is 0 Å². The van der Waals surface area contributed by atoms with Crippen LogP contribution in [-0.4, -0.2) is 23.5 Å². The van der Waals surface area contributed by atoms with Gasteiger partial charge in [0.2, 0.25) is 0 Å². The number of rotatable bonds is 2. The molecule has 0 N–H and O–H groups in total. The van der Waals surface area contributed by atoms with E-state index in [2.05, 4.69) is 17.6 Å². The molecule has 1 heterocycles. The predicted octanol–water partition coefficient (Wildman–Crippen LogP) is 2.97. The zero-order chi connectivity index (χ0) is 9.15. The quantitative estimate of drug-likeness (QED) is 0.589. The maximum atomic E-state index is 3.86. The van der Waals surface area contributed by atoms with Crippen molar-refractivity contribution >= 4 is 0 Å². The molecule has 2 fully saturated rings. The van der Waals surface area contributed by atoms with E-state index >= 15 is 0 Å². The smallest absolute Gasteiger partial charge is 0.0213 e. The lowest BCUT2D eigenvalue weighted by Crippen LogP contribution is -2.45. The van der Waals surface area contributed by atoms with Gasteiger partial charge >= 0.3 is 0 Å². The molecule has 0 amide bonds. The van der Waals surface area contributed by atoms with Crippen LogP contribution in [0.1, 0.15) is 44.9 Å². The molecule has 2 rings (SSSR count). The van der Waals surface area contributed by atoms with Crippen molar-refractivity contribution in [2.75, 3.05) is 13.1 Å². The van der Waals surface area contributed by atoms with Crippen LogP contribution in [0, 0.1) is 0 Å². The summed E-state index contributed by atoms with van der Waals surface area (Å²) in [4.78, 5) is 2.68. The molecule has 13 heavy (non-hydrogen) atoms. The van der Waals surface area contributed by atoms with E-state index in [1.807, 2.05) is 0 Å². The summed E-state index contributed by atoms with van der Waals surface area (Å²) >= 11 is 0. The molecular formula is C12H21N. The third kappa shape index (κ3) is 1.67. The minimum atomic E-state index is 0.604. The Kier molecular flexibility index (Phi) is 2.73. The minimum Gasteiger partial charge on any atom is -0.294 e. The minimum absolute atomic E-state index is 0.604. The first-order valence-electron chi connectivity index (χ1n) is 5.73. The van der Waals surface area contributed by atoms with Crippen LogP contribution < -0.4 is 0 Å². The van der Waals surface area contributed by atoms with E-state index in [9.17, 15) is 0 Å². The van der Waals surface area contributed by atoms with Gasteiger partial charge in [-0.1, -0.05) is 25.3 Å². The lowest BCUT2D eigenvalue weighted by Gasteiger charge is -2.41. The fourth-order valence-electron chi connectivity index (χ4n) is 3.21. The fourth-order valence-corrected chi connectivity index (χ4v) is 3.21. The predicted molar refractivity (Wildman–Crippen MR) is 56.8 cm³/mol. The van der Waals surface area contributed by atoms with Crippen molar-refractivity contribution in [1.82, 2.24) is 4.90 Å². The maximum absolute atomic E-state index is 3.86. The Morgan fingerprint density at radius 1 is 1.08 bits per heavy atom. The van der Waals surface area contributed by atoms with Crippen molar-refractivity contribution in [1.29, 1.82) is 0 Å². The molecular weight excluding hydrogens is 158 g/mol. The van der Waals surface area contributed by atoms with E-state index in [0.717, 1.165) is 6.54 Å². The van der Waals surface area contributed by atoms with Crippen LogP contribution >= 0.6 is 0 Å². The first kappa shape index (κ1) is 9.26. The summed E-state index contributed by atoms with van der Waals surface area (Å²) in [5, 5.41) is 0. The second-order valence-electron chi connectivity index (χ2n) is 4.62. The van der Waals surface area contributed by atoms with Gasteiger partial charge in [0.15, 0.2) is 0 Å². The van der Waals surface area contributed by atoms with Gasteiger partial charge in [-0.15, -0.1) is 6.58 Å². The number of hydrogen-bond acceptors (Lipinski definition) is 1. The first-order valence-corrected chi connectivity index (χ1v) is 5.73. The molecule has 74 valence electrons. The van der Waals surface area contributed by atoms with Crippen molar-refractivity contribution in [3.05, 3.63) is 12.7 Å². The van der Waals surface area contributed by atoms with Gasteiger partial charge in [0, 0.05) is 12.1 Å². The summed E-state index contributed by atoms with van der Waals surface area (Å²) < 4.78 is 0. The molecule has 0 aromatic heterocycles. The average molecular weight is 179 g/mol. The van der Waals surface area contributed by atoms with Crippen LogP contribution in [-0.2, 0) is 0 Å². The lowest BCUT2D eigenvalue weighted by atomic mass is 9.80. The molecule has 0 aromatic rings. The third-order valence-electron chi connectivity index (χ3n) is 3.87. The van der Waals surface area contributed by atoms with E-state index < -0.39 is 0 Å². The first-order chi connectivity index (χ1) is 6.37. The fraction of sp³-hybridized carbons (Fsp3) is 0.833. The molecule has 0 atom stereocenters. The van der Waals surface area contributed by atoms with Gasteiger partial charge < -0.3 is 0 Å². The Morgan fingerprint density at radius 2 is 1.77 bits per heavy atom. The van der Waals surface area contributed by atoms with Crippen molar-refractivity contribution in [3.8, 4) is 0 Å². The largest absolute Gasteiger partial charge is 0.294 e. The monoisotopic (exact) mass is 179 g/mol.